The maximum atomic E-state index is 13.3. The summed E-state index contributed by atoms with van der Waals surface area (Å²) in [6.07, 6.45) is 8.15. The van der Waals surface area contributed by atoms with E-state index in [1.165, 1.54) is 32.2 Å². The minimum atomic E-state index is -0.692. The number of amides is 1. The van der Waals surface area contributed by atoms with Gasteiger partial charge in [-0.1, -0.05) is 32.6 Å². The fraction of sp³-hybridized carbons (Fsp3) is 0.655. The Labute approximate surface area is 244 Å². The van der Waals surface area contributed by atoms with Crippen LogP contribution in [0.1, 0.15) is 81.6 Å². The lowest BCUT2D eigenvalue weighted by molar-refractivity contribution is -0.123. The van der Waals surface area contributed by atoms with Gasteiger partial charge in [-0.25, -0.2) is 4.79 Å². The number of rotatable bonds is 12. The molecule has 3 aliphatic rings. The van der Waals surface area contributed by atoms with Crippen molar-refractivity contribution in [2.45, 2.75) is 77.9 Å². The number of piperazine rings is 1. The second-order valence-electron chi connectivity index (χ2n) is 11.2. The highest BCUT2D eigenvalue weighted by atomic mass is 32.1. The van der Waals surface area contributed by atoms with E-state index in [1.54, 1.807) is 17.0 Å². The lowest BCUT2D eigenvalue weighted by atomic mass is 10.0. The molecule has 3 aliphatic heterocycles. The number of cyclic esters (lactones) is 1. The van der Waals surface area contributed by atoms with Crippen molar-refractivity contribution in [3.63, 3.8) is 0 Å². The lowest BCUT2D eigenvalue weighted by Crippen LogP contribution is -2.51. The van der Waals surface area contributed by atoms with Crippen molar-refractivity contribution in [1.82, 2.24) is 20.0 Å². The molecule has 2 fully saturated rings. The van der Waals surface area contributed by atoms with E-state index >= 15 is 0 Å². The van der Waals surface area contributed by atoms with Gasteiger partial charge >= 0.3 is 5.97 Å². The van der Waals surface area contributed by atoms with Gasteiger partial charge in [-0.05, 0) is 82.3 Å². The van der Waals surface area contributed by atoms with Gasteiger partial charge in [0.15, 0.2) is 10.2 Å². The Morgan fingerprint density at radius 1 is 1.00 bits per heavy atom. The molecule has 0 aliphatic carbocycles. The van der Waals surface area contributed by atoms with E-state index in [2.05, 4.69) is 26.9 Å². The van der Waals surface area contributed by atoms with Gasteiger partial charge in [0.1, 0.15) is 12.1 Å². The molecule has 1 aromatic rings. The van der Waals surface area contributed by atoms with E-state index in [1.807, 2.05) is 19.9 Å². The molecule has 1 aromatic carbocycles. The maximum absolute atomic E-state index is 13.3. The fourth-order valence-corrected chi connectivity index (χ4v) is 6.32. The SMILES string of the molecule is CCCNC(=S)N1CCN(CCCCCCCCN2C(=S)N(c3ccc4c(c3)COC4=O)C(=O)C2(C)C)CC1. The quantitative estimate of drug-likeness (QED) is 0.224. The number of unbranched alkanes of at least 4 members (excludes halogenated alkanes) is 5. The molecule has 1 N–H and O–H groups in total. The first-order valence-electron chi connectivity index (χ1n) is 14.5. The molecular formula is C29H43N5O3S2. The van der Waals surface area contributed by atoms with Crippen LogP contribution in [0.25, 0.3) is 0 Å². The smallest absolute Gasteiger partial charge is 0.338 e. The molecule has 10 heteroatoms. The van der Waals surface area contributed by atoms with Crippen molar-refractivity contribution in [2.24, 2.45) is 0 Å². The molecule has 0 spiro atoms. The number of hydrogen-bond donors (Lipinski definition) is 1. The number of esters is 1. The fourth-order valence-electron chi connectivity index (χ4n) is 5.53. The molecule has 0 radical (unpaired) electrons. The molecule has 4 rings (SSSR count). The topological polar surface area (TPSA) is 68.4 Å². The number of ether oxygens (including phenoxy) is 1. The summed E-state index contributed by atoms with van der Waals surface area (Å²) in [7, 11) is 0. The molecule has 8 nitrogen and oxygen atoms in total. The Hall–Kier alpha value is -2.30. The van der Waals surface area contributed by atoms with Gasteiger partial charge in [0.2, 0.25) is 0 Å². The first kappa shape index (κ1) is 29.7. The zero-order chi connectivity index (χ0) is 28.0. The highest BCUT2D eigenvalue weighted by molar-refractivity contribution is 7.80. The third-order valence-corrected chi connectivity index (χ3v) is 8.85. The van der Waals surface area contributed by atoms with Crippen LogP contribution in [-0.2, 0) is 16.1 Å². The van der Waals surface area contributed by atoms with Crippen LogP contribution in [0.15, 0.2) is 18.2 Å². The average Bonchev–Trinajstić information content (AvgIpc) is 3.37. The van der Waals surface area contributed by atoms with E-state index in [4.69, 9.17) is 29.2 Å². The third kappa shape index (κ3) is 6.89. The van der Waals surface area contributed by atoms with Gasteiger partial charge < -0.3 is 19.9 Å². The highest BCUT2D eigenvalue weighted by Gasteiger charge is 2.49. The summed E-state index contributed by atoms with van der Waals surface area (Å²) in [6, 6.07) is 5.37. The molecule has 39 heavy (non-hydrogen) atoms. The van der Waals surface area contributed by atoms with Crippen molar-refractivity contribution >= 4 is 52.2 Å². The normalized spacial score (nSPS) is 19.1. The summed E-state index contributed by atoms with van der Waals surface area (Å²) in [4.78, 5) is 33.7. The van der Waals surface area contributed by atoms with Crippen molar-refractivity contribution in [2.75, 3.05) is 50.7 Å². The number of thiocarbonyl (C=S) groups is 2. The maximum Gasteiger partial charge on any atom is 0.338 e. The molecule has 0 atom stereocenters. The van der Waals surface area contributed by atoms with Gasteiger partial charge in [-0.3, -0.25) is 14.6 Å². The zero-order valence-electron chi connectivity index (χ0n) is 23.7. The average molecular weight is 574 g/mol. The van der Waals surface area contributed by atoms with E-state index in [0.29, 0.717) is 16.4 Å². The van der Waals surface area contributed by atoms with Crippen LogP contribution in [0.2, 0.25) is 0 Å². The van der Waals surface area contributed by atoms with Gasteiger partial charge in [0, 0.05) is 44.8 Å². The largest absolute Gasteiger partial charge is 0.457 e. The standard InChI is InChI=1S/C29H43N5O3S2/c1-4-13-30-27(38)32-18-16-31(17-19-32)14-9-7-5-6-8-10-15-33-28(39)34(26(36)29(33,2)3)23-11-12-24-22(20-23)21-37-25(24)35/h11-12,20H,4-10,13-19,21H2,1-3H3,(H,30,38). The number of nitrogens with zero attached hydrogens (tertiary/aromatic N) is 4. The van der Waals surface area contributed by atoms with Crippen LogP contribution in [0.3, 0.4) is 0 Å². The number of fused-ring (bicyclic) bond motifs is 1. The van der Waals surface area contributed by atoms with Gasteiger partial charge in [0.05, 0.1) is 11.3 Å². The van der Waals surface area contributed by atoms with Crippen molar-refractivity contribution in [1.29, 1.82) is 0 Å². The molecule has 2 saturated heterocycles. The predicted molar refractivity (Wildman–Crippen MR) is 163 cm³/mol. The monoisotopic (exact) mass is 573 g/mol. The van der Waals surface area contributed by atoms with Crippen molar-refractivity contribution in [3.8, 4) is 0 Å². The van der Waals surface area contributed by atoms with Crippen LogP contribution < -0.4 is 10.2 Å². The zero-order valence-corrected chi connectivity index (χ0v) is 25.3. The Morgan fingerprint density at radius 2 is 1.67 bits per heavy atom. The Kier molecular flexibility index (Phi) is 10.2. The molecule has 0 saturated carbocycles. The molecular weight excluding hydrogens is 530 g/mol. The Bertz CT molecular complexity index is 1070. The van der Waals surface area contributed by atoms with Gasteiger partial charge in [0.25, 0.3) is 5.91 Å². The summed E-state index contributed by atoms with van der Waals surface area (Å²) < 4.78 is 5.11. The number of anilines is 1. The minimum Gasteiger partial charge on any atom is -0.457 e. The first-order chi connectivity index (χ1) is 18.7. The van der Waals surface area contributed by atoms with Crippen molar-refractivity contribution < 1.29 is 14.3 Å². The number of carbonyl (C=O) groups is 2. The molecule has 3 heterocycles. The molecule has 0 unspecified atom stereocenters. The van der Waals surface area contributed by atoms with Gasteiger partial charge in [-0.2, -0.15) is 0 Å². The Balaban J connectivity index is 1.13. The van der Waals surface area contributed by atoms with Crippen LogP contribution in [0.4, 0.5) is 5.69 Å². The minimum absolute atomic E-state index is 0.0300. The highest BCUT2D eigenvalue weighted by Crippen LogP contribution is 2.34. The summed E-state index contributed by atoms with van der Waals surface area (Å²) in [5.41, 5.74) is 1.38. The third-order valence-electron chi connectivity index (χ3n) is 8.04. The van der Waals surface area contributed by atoms with E-state index < -0.39 is 5.54 Å². The summed E-state index contributed by atoms with van der Waals surface area (Å²) >= 11 is 11.3. The van der Waals surface area contributed by atoms with E-state index in [0.717, 1.165) is 69.2 Å². The second kappa shape index (κ2) is 13.4. The molecule has 0 bridgehead atoms. The van der Waals surface area contributed by atoms with Crippen LogP contribution >= 0.6 is 24.4 Å². The van der Waals surface area contributed by atoms with E-state index in [9.17, 15) is 9.59 Å². The second-order valence-corrected chi connectivity index (χ2v) is 12.0. The lowest BCUT2D eigenvalue weighted by Gasteiger charge is -2.36. The van der Waals surface area contributed by atoms with E-state index in [-0.39, 0.29) is 18.5 Å². The molecule has 0 aromatic heterocycles. The molecule has 214 valence electrons. The number of benzene rings is 1. The molecule has 1 amide bonds. The first-order valence-corrected chi connectivity index (χ1v) is 15.3. The summed E-state index contributed by atoms with van der Waals surface area (Å²) in [6.45, 7) is 13.4. The van der Waals surface area contributed by atoms with Crippen LogP contribution in [0, 0.1) is 0 Å². The Morgan fingerprint density at radius 3 is 2.36 bits per heavy atom. The van der Waals surface area contributed by atoms with Crippen molar-refractivity contribution in [3.05, 3.63) is 29.3 Å². The summed E-state index contributed by atoms with van der Waals surface area (Å²) in [5.74, 6) is -0.342. The number of nitrogens with one attached hydrogen (secondary N) is 1. The number of hydrogen-bond acceptors (Lipinski definition) is 6. The summed E-state index contributed by atoms with van der Waals surface area (Å²) in [5, 5.41) is 4.78. The van der Waals surface area contributed by atoms with Gasteiger partial charge in [-0.15, -0.1) is 0 Å². The number of carbonyl (C=O) groups excluding carboxylic acids is 2. The predicted octanol–water partition coefficient (Wildman–Crippen LogP) is 4.31. The van der Waals surface area contributed by atoms with Crippen LogP contribution in [-0.4, -0.2) is 88.2 Å². The van der Waals surface area contributed by atoms with Crippen LogP contribution in [0.5, 0.6) is 0 Å².